The second-order valence-electron chi connectivity index (χ2n) is 8.51. The van der Waals surface area contributed by atoms with Crippen LogP contribution in [0, 0.1) is 12.8 Å². The van der Waals surface area contributed by atoms with E-state index in [-0.39, 0.29) is 11.8 Å². The van der Waals surface area contributed by atoms with Crippen molar-refractivity contribution in [2.45, 2.75) is 39.0 Å². The summed E-state index contributed by atoms with van der Waals surface area (Å²) in [6.45, 7) is 4.14. The van der Waals surface area contributed by atoms with Crippen LogP contribution >= 0.6 is 0 Å². The van der Waals surface area contributed by atoms with Crippen LogP contribution in [0.25, 0.3) is 23.3 Å². The van der Waals surface area contributed by atoms with Crippen LogP contribution in [0.4, 0.5) is 0 Å². The van der Waals surface area contributed by atoms with Gasteiger partial charge in [-0.3, -0.25) is 4.79 Å². The normalized spacial score (nSPS) is 17.8. The van der Waals surface area contributed by atoms with Crippen LogP contribution in [0.2, 0.25) is 0 Å². The first-order valence-electron chi connectivity index (χ1n) is 10.6. The van der Waals surface area contributed by atoms with Gasteiger partial charge in [0.2, 0.25) is 0 Å². The number of hydrogen-bond acceptors (Lipinski definition) is 1. The minimum atomic E-state index is -0.0670. The van der Waals surface area contributed by atoms with Crippen molar-refractivity contribution in [2.24, 2.45) is 5.92 Å². The van der Waals surface area contributed by atoms with Gasteiger partial charge in [-0.1, -0.05) is 85.3 Å². The predicted octanol–water partition coefficient (Wildman–Crippen LogP) is 4.71. The van der Waals surface area contributed by atoms with Crippen molar-refractivity contribution in [2.75, 3.05) is 0 Å². The third kappa shape index (κ3) is 3.15. The van der Waals surface area contributed by atoms with Crippen molar-refractivity contribution in [3.8, 4) is 11.1 Å². The molecule has 0 heterocycles. The number of carbonyl (C=O) groups is 1. The SMILES string of the molecule is Cc1ccc(C(C)C(=O)C2C=c3c(ccc4c3=CCc3ccccc3-4)CC2)cc1. The molecule has 2 aliphatic carbocycles. The molecule has 0 bridgehead atoms. The van der Waals surface area contributed by atoms with Gasteiger partial charge in [-0.2, -0.15) is 0 Å². The predicted molar refractivity (Wildman–Crippen MR) is 120 cm³/mol. The Kier molecular flexibility index (Phi) is 4.47. The second-order valence-corrected chi connectivity index (χ2v) is 8.51. The summed E-state index contributed by atoms with van der Waals surface area (Å²) in [5.74, 6) is 0.270. The van der Waals surface area contributed by atoms with Crippen LogP contribution in [0.5, 0.6) is 0 Å². The molecule has 0 aromatic heterocycles. The van der Waals surface area contributed by atoms with Crippen LogP contribution in [0.3, 0.4) is 0 Å². The van der Waals surface area contributed by atoms with Crippen LogP contribution in [-0.4, -0.2) is 5.78 Å². The number of fused-ring (bicyclic) bond motifs is 5. The maximum Gasteiger partial charge on any atom is 0.146 e. The maximum absolute atomic E-state index is 13.3. The van der Waals surface area contributed by atoms with Gasteiger partial charge in [0, 0.05) is 11.8 Å². The zero-order valence-corrected chi connectivity index (χ0v) is 17.1. The van der Waals surface area contributed by atoms with Gasteiger partial charge in [0.05, 0.1) is 0 Å². The Morgan fingerprint density at radius 3 is 2.52 bits per heavy atom. The Hall–Kier alpha value is -2.93. The molecule has 2 aliphatic rings. The largest absolute Gasteiger partial charge is 0.298 e. The Bertz CT molecular complexity index is 1210. The number of rotatable bonds is 3. The van der Waals surface area contributed by atoms with Crippen molar-refractivity contribution in [1.82, 2.24) is 0 Å². The Labute approximate surface area is 172 Å². The lowest BCUT2D eigenvalue weighted by Gasteiger charge is -2.23. The number of Topliss-reactive ketones (excluding diaryl/α,β-unsaturated/α-hetero) is 1. The average molecular weight is 379 g/mol. The molecule has 1 nitrogen and oxygen atoms in total. The highest BCUT2D eigenvalue weighted by atomic mass is 16.1. The molecule has 0 aliphatic heterocycles. The average Bonchev–Trinajstić information content (AvgIpc) is 2.77. The molecular formula is C28H26O. The Morgan fingerprint density at radius 1 is 0.897 bits per heavy atom. The number of hydrogen-bond donors (Lipinski definition) is 0. The van der Waals surface area contributed by atoms with Gasteiger partial charge in [-0.25, -0.2) is 0 Å². The fourth-order valence-corrected chi connectivity index (χ4v) is 4.88. The summed E-state index contributed by atoms with van der Waals surface area (Å²) in [5, 5.41) is 2.61. The maximum atomic E-state index is 13.3. The highest BCUT2D eigenvalue weighted by molar-refractivity contribution is 5.92. The van der Waals surface area contributed by atoms with Crippen molar-refractivity contribution in [3.63, 3.8) is 0 Å². The fourth-order valence-electron chi connectivity index (χ4n) is 4.88. The van der Waals surface area contributed by atoms with Gasteiger partial charge in [0.25, 0.3) is 0 Å². The quantitative estimate of drug-likeness (QED) is 0.645. The van der Waals surface area contributed by atoms with E-state index in [2.05, 4.69) is 86.7 Å². The van der Waals surface area contributed by atoms with Crippen molar-refractivity contribution >= 4 is 17.9 Å². The van der Waals surface area contributed by atoms with E-state index in [0.717, 1.165) is 24.8 Å². The van der Waals surface area contributed by atoms with E-state index in [1.807, 2.05) is 0 Å². The highest BCUT2D eigenvalue weighted by Crippen LogP contribution is 2.28. The topological polar surface area (TPSA) is 17.1 Å². The van der Waals surface area contributed by atoms with E-state index in [0.29, 0.717) is 5.78 Å². The summed E-state index contributed by atoms with van der Waals surface area (Å²) in [6, 6.07) is 21.6. The lowest BCUT2D eigenvalue weighted by molar-refractivity contribution is -0.122. The minimum absolute atomic E-state index is 0.00382. The van der Waals surface area contributed by atoms with Crippen LogP contribution in [0.1, 0.15) is 41.5 Å². The first kappa shape index (κ1) is 18.1. The smallest absolute Gasteiger partial charge is 0.146 e. The zero-order chi connectivity index (χ0) is 20.0. The zero-order valence-electron chi connectivity index (χ0n) is 17.1. The van der Waals surface area contributed by atoms with Crippen LogP contribution in [-0.2, 0) is 17.6 Å². The third-order valence-corrected chi connectivity index (χ3v) is 6.67. The Morgan fingerprint density at radius 2 is 1.69 bits per heavy atom. The molecule has 3 aromatic carbocycles. The molecule has 2 atom stereocenters. The molecule has 0 saturated carbocycles. The lowest BCUT2D eigenvalue weighted by atomic mass is 9.80. The molecule has 0 saturated heterocycles. The minimum Gasteiger partial charge on any atom is -0.298 e. The van der Waals surface area contributed by atoms with E-state index in [1.165, 1.54) is 38.3 Å². The molecule has 0 spiro atoms. The lowest BCUT2D eigenvalue weighted by Crippen LogP contribution is -2.37. The fraction of sp³-hybridized carbons (Fsp3) is 0.250. The van der Waals surface area contributed by atoms with E-state index in [9.17, 15) is 4.79 Å². The standard InChI is InChI=1S/C28H26O/c1-18-7-9-20(10-8-18)19(2)28(29)23-12-11-22-14-15-25-24-6-4-3-5-21(24)13-16-26(25)27(22)17-23/h3-10,14-17,19,23H,11-13H2,1-2H3. The van der Waals surface area contributed by atoms with Crippen molar-refractivity contribution < 1.29 is 4.79 Å². The molecule has 0 amide bonds. The van der Waals surface area contributed by atoms with E-state index < -0.39 is 0 Å². The summed E-state index contributed by atoms with van der Waals surface area (Å²) >= 11 is 0. The molecule has 3 aromatic rings. The van der Waals surface area contributed by atoms with Gasteiger partial charge < -0.3 is 0 Å². The Balaban J connectivity index is 1.55. The number of ketones is 1. The second kappa shape index (κ2) is 7.15. The third-order valence-electron chi connectivity index (χ3n) is 6.67. The monoisotopic (exact) mass is 378 g/mol. The van der Waals surface area contributed by atoms with Crippen molar-refractivity contribution in [3.05, 3.63) is 93.4 Å². The van der Waals surface area contributed by atoms with Gasteiger partial charge in [-0.05, 0) is 64.4 Å². The van der Waals surface area contributed by atoms with E-state index in [4.69, 9.17) is 0 Å². The molecule has 0 radical (unpaired) electrons. The molecule has 144 valence electrons. The number of carbonyl (C=O) groups excluding carboxylic acids is 1. The van der Waals surface area contributed by atoms with Gasteiger partial charge >= 0.3 is 0 Å². The summed E-state index contributed by atoms with van der Waals surface area (Å²) in [5.41, 5.74) is 7.76. The summed E-state index contributed by atoms with van der Waals surface area (Å²) < 4.78 is 0. The first-order valence-corrected chi connectivity index (χ1v) is 10.6. The van der Waals surface area contributed by atoms with Gasteiger partial charge in [-0.15, -0.1) is 0 Å². The molecule has 0 N–H and O–H groups in total. The molecule has 2 unspecified atom stereocenters. The van der Waals surface area contributed by atoms with Gasteiger partial charge in [0.15, 0.2) is 0 Å². The van der Waals surface area contributed by atoms with Crippen molar-refractivity contribution in [1.29, 1.82) is 0 Å². The first-order chi connectivity index (χ1) is 14.1. The number of benzene rings is 3. The summed E-state index contributed by atoms with van der Waals surface area (Å²) in [4.78, 5) is 13.3. The molecule has 1 heteroatoms. The van der Waals surface area contributed by atoms with E-state index in [1.54, 1.807) is 0 Å². The molecular weight excluding hydrogens is 352 g/mol. The highest BCUT2D eigenvalue weighted by Gasteiger charge is 2.26. The molecule has 29 heavy (non-hydrogen) atoms. The van der Waals surface area contributed by atoms with Crippen LogP contribution < -0.4 is 10.4 Å². The molecule has 0 fully saturated rings. The molecule has 5 rings (SSSR count). The summed E-state index contributed by atoms with van der Waals surface area (Å²) in [7, 11) is 0. The van der Waals surface area contributed by atoms with Crippen LogP contribution in [0.15, 0.2) is 60.7 Å². The number of aryl methyl sites for hydroxylation is 2. The van der Waals surface area contributed by atoms with E-state index >= 15 is 0 Å². The summed E-state index contributed by atoms with van der Waals surface area (Å²) in [6.07, 6.45) is 7.47. The van der Waals surface area contributed by atoms with Gasteiger partial charge in [0.1, 0.15) is 5.78 Å².